The molecule has 3 aromatic rings. The number of rotatable bonds is 3. The molecule has 1 saturated carbocycles. The zero-order valence-electron chi connectivity index (χ0n) is 14.5. The summed E-state index contributed by atoms with van der Waals surface area (Å²) >= 11 is 0. The largest absolute Gasteiger partial charge is 0.396 e. The first-order chi connectivity index (χ1) is 12.5. The maximum absolute atomic E-state index is 14.7. The first-order valence-corrected chi connectivity index (χ1v) is 8.45. The third-order valence-corrected chi connectivity index (χ3v) is 4.65. The maximum atomic E-state index is 14.7. The molecule has 1 fully saturated rings. The predicted octanol–water partition coefficient (Wildman–Crippen LogP) is 2.92. The van der Waals surface area contributed by atoms with Gasteiger partial charge in [0.1, 0.15) is 11.3 Å². The molecule has 4 rings (SSSR count). The molecule has 0 aliphatic heterocycles. The van der Waals surface area contributed by atoms with Gasteiger partial charge in [0.2, 0.25) is 0 Å². The number of carbonyl (C=O) groups excluding carboxylic acids is 1. The summed E-state index contributed by atoms with van der Waals surface area (Å²) in [6.07, 6.45) is 3.60. The van der Waals surface area contributed by atoms with Gasteiger partial charge in [0, 0.05) is 34.4 Å². The normalized spacial score (nSPS) is 13.8. The molecule has 0 unspecified atom stereocenters. The molecular weight excluding hydrogens is 333 g/mol. The Bertz CT molecular complexity index is 1030. The topological polar surface area (TPSA) is 93.8 Å². The minimum Gasteiger partial charge on any atom is -0.396 e. The molecule has 2 heterocycles. The predicted molar refractivity (Wildman–Crippen MR) is 97.1 cm³/mol. The zero-order chi connectivity index (χ0) is 18.4. The van der Waals surface area contributed by atoms with Gasteiger partial charge in [-0.1, -0.05) is 0 Å². The molecule has 132 valence electrons. The van der Waals surface area contributed by atoms with E-state index in [-0.39, 0.29) is 23.3 Å². The highest BCUT2D eigenvalue weighted by atomic mass is 19.1. The van der Waals surface area contributed by atoms with E-state index in [1.807, 2.05) is 19.9 Å². The number of hydrogen-bond acceptors (Lipinski definition) is 5. The Hall–Kier alpha value is -3.09. The number of nitrogens with zero attached hydrogens (tertiary/aromatic N) is 3. The molecule has 26 heavy (non-hydrogen) atoms. The van der Waals surface area contributed by atoms with E-state index in [4.69, 9.17) is 5.73 Å². The summed E-state index contributed by atoms with van der Waals surface area (Å²) in [5, 5.41) is 11.5. The van der Waals surface area contributed by atoms with Gasteiger partial charge in [0.05, 0.1) is 5.69 Å². The van der Waals surface area contributed by atoms with Gasteiger partial charge in [-0.25, -0.2) is 4.39 Å². The average molecular weight is 351 g/mol. The Kier molecular flexibility index (Phi) is 3.79. The van der Waals surface area contributed by atoms with Crippen LogP contribution in [-0.2, 0) is 0 Å². The molecule has 3 N–H and O–H groups in total. The molecule has 6 nitrogen and oxygen atoms in total. The van der Waals surface area contributed by atoms with Crippen LogP contribution in [0.5, 0.6) is 0 Å². The lowest BCUT2D eigenvalue weighted by Crippen LogP contribution is -2.27. The van der Waals surface area contributed by atoms with E-state index in [1.165, 1.54) is 12.1 Å². The van der Waals surface area contributed by atoms with Gasteiger partial charge >= 0.3 is 0 Å². The van der Waals surface area contributed by atoms with Gasteiger partial charge in [-0.15, -0.1) is 10.2 Å². The Morgan fingerprint density at radius 1 is 1.19 bits per heavy atom. The van der Waals surface area contributed by atoms with E-state index >= 15 is 0 Å². The highest BCUT2D eigenvalue weighted by Gasteiger charge is 2.27. The second kappa shape index (κ2) is 6.01. The third kappa shape index (κ3) is 2.65. The van der Waals surface area contributed by atoms with E-state index < -0.39 is 5.82 Å². The van der Waals surface area contributed by atoms with Gasteiger partial charge in [-0.05, 0) is 50.5 Å². The average Bonchev–Trinajstić information content (AvgIpc) is 3.40. The van der Waals surface area contributed by atoms with Gasteiger partial charge in [-0.2, -0.15) is 0 Å². The van der Waals surface area contributed by atoms with Crippen molar-refractivity contribution in [3.63, 3.8) is 0 Å². The Morgan fingerprint density at radius 2 is 1.96 bits per heavy atom. The van der Waals surface area contributed by atoms with Crippen LogP contribution in [-0.4, -0.2) is 27.1 Å². The van der Waals surface area contributed by atoms with Crippen LogP contribution in [0, 0.1) is 19.7 Å². The number of carbonyl (C=O) groups is 1. The number of nitrogens with two attached hydrogens (primary N) is 1. The van der Waals surface area contributed by atoms with Crippen LogP contribution in [0.25, 0.3) is 22.0 Å². The number of benzene rings is 1. The molecule has 0 atom stereocenters. The summed E-state index contributed by atoms with van der Waals surface area (Å²) in [5.74, 6) is -0.778. The number of anilines is 1. The highest BCUT2D eigenvalue weighted by molar-refractivity contribution is 6.08. The molecule has 7 heteroatoms. The second-order valence-electron chi connectivity index (χ2n) is 6.62. The molecule has 1 aliphatic rings. The molecule has 1 amide bonds. The summed E-state index contributed by atoms with van der Waals surface area (Å²) in [6.45, 7) is 3.70. The van der Waals surface area contributed by atoms with Crippen molar-refractivity contribution in [2.75, 3.05) is 5.73 Å². The molecular formula is C19H18FN5O. The quantitative estimate of drug-likeness (QED) is 0.757. The van der Waals surface area contributed by atoms with Gasteiger partial charge < -0.3 is 11.1 Å². The summed E-state index contributed by atoms with van der Waals surface area (Å²) in [6, 6.07) is 4.87. The van der Waals surface area contributed by atoms with Gasteiger partial charge in [0.15, 0.2) is 5.69 Å². The van der Waals surface area contributed by atoms with E-state index in [9.17, 15) is 9.18 Å². The Labute approximate surface area is 149 Å². The summed E-state index contributed by atoms with van der Waals surface area (Å²) < 4.78 is 14.7. The fourth-order valence-corrected chi connectivity index (χ4v) is 3.13. The van der Waals surface area contributed by atoms with E-state index in [2.05, 4.69) is 20.5 Å². The van der Waals surface area contributed by atoms with Crippen LogP contribution in [0.4, 0.5) is 10.1 Å². The zero-order valence-corrected chi connectivity index (χ0v) is 14.5. The standard InChI is InChI=1S/C19H18FN5O/c1-9-7-8-22-10(2)14(9)15-13(20)6-5-12-16(21)18(25-24-17(12)15)19(26)23-11-3-4-11/h5-8,11H,3-4H2,1-2H3,(H2,21,24)(H,23,26). The maximum Gasteiger partial charge on any atom is 0.274 e. The number of nitrogen functional groups attached to an aromatic ring is 1. The van der Waals surface area contributed by atoms with Crippen LogP contribution < -0.4 is 11.1 Å². The molecule has 0 radical (unpaired) electrons. The van der Waals surface area contributed by atoms with Crippen molar-refractivity contribution >= 4 is 22.5 Å². The van der Waals surface area contributed by atoms with Crippen LogP contribution in [0.3, 0.4) is 0 Å². The van der Waals surface area contributed by atoms with Gasteiger partial charge in [0.25, 0.3) is 5.91 Å². The van der Waals surface area contributed by atoms with E-state index in [0.717, 1.165) is 18.4 Å². The van der Waals surface area contributed by atoms with Crippen molar-refractivity contribution in [3.05, 3.63) is 47.2 Å². The summed E-state index contributed by atoms with van der Waals surface area (Å²) in [5.41, 5.74) is 9.32. The minimum absolute atomic E-state index is 0.0709. The van der Waals surface area contributed by atoms with Crippen molar-refractivity contribution < 1.29 is 9.18 Å². The number of fused-ring (bicyclic) bond motifs is 1. The SMILES string of the molecule is Cc1ccnc(C)c1-c1c(F)ccc2c(N)c(C(=O)NC3CC3)nnc12. The first-order valence-electron chi connectivity index (χ1n) is 8.45. The Balaban J connectivity index is 1.93. The van der Waals surface area contributed by atoms with Crippen LogP contribution in [0.2, 0.25) is 0 Å². The lowest BCUT2D eigenvalue weighted by molar-refractivity contribution is 0.0946. The summed E-state index contributed by atoms with van der Waals surface area (Å²) in [4.78, 5) is 16.6. The third-order valence-electron chi connectivity index (χ3n) is 4.65. The van der Waals surface area contributed by atoms with Crippen LogP contribution in [0.15, 0.2) is 24.4 Å². The molecule has 1 aromatic carbocycles. The highest BCUT2D eigenvalue weighted by Crippen LogP contribution is 2.36. The molecule has 0 spiro atoms. The summed E-state index contributed by atoms with van der Waals surface area (Å²) in [7, 11) is 0. The van der Waals surface area contributed by atoms with Gasteiger partial charge in [-0.3, -0.25) is 9.78 Å². The number of amides is 1. The molecule has 2 aromatic heterocycles. The van der Waals surface area contributed by atoms with Crippen molar-refractivity contribution in [3.8, 4) is 11.1 Å². The van der Waals surface area contributed by atoms with Crippen molar-refractivity contribution in [2.24, 2.45) is 0 Å². The van der Waals surface area contributed by atoms with Crippen LogP contribution >= 0.6 is 0 Å². The Morgan fingerprint density at radius 3 is 2.65 bits per heavy atom. The first kappa shape index (κ1) is 16.4. The number of halogens is 1. The fourth-order valence-electron chi connectivity index (χ4n) is 3.13. The lowest BCUT2D eigenvalue weighted by atomic mass is 9.96. The smallest absolute Gasteiger partial charge is 0.274 e. The van der Waals surface area contributed by atoms with Crippen molar-refractivity contribution in [1.29, 1.82) is 0 Å². The molecule has 0 saturated heterocycles. The number of nitrogens with one attached hydrogen (secondary N) is 1. The minimum atomic E-state index is -0.430. The number of aromatic nitrogens is 3. The number of hydrogen-bond donors (Lipinski definition) is 2. The monoisotopic (exact) mass is 351 g/mol. The number of pyridine rings is 1. The fraction of sp³-hybridized carbons (Fsp3) is 0.263. The molecule has 1 aliphatic carbocycles. The second-order valence-corrected chi connectivity index (χ2v) is 6.62. The van der Waals surface area contributed by atoms with Crippen LogP contribution in [0.1, 0.15) is 34.6 Å². The van der Waals surface area contributed by atoms with Crippen molar-refractivity contribution in [1.82, 2.24) is 20.5 Å². The van der Waals surface area contributed by atoms with E-state index in [1.54, 1.807) is 6.20 Å². The van der Waals surface area contributed by atoms with E-state index in [0.29, 0.717) is 27.7 Å². The lowest BCUT2D eigenvalue weighted by Gasteiger charge is -2.14. The van der Waals surface area contributed by atoms with Crippen molar-refractivity contribution in [2.45, 2.75) is 32.7 Å². The molecule has 0 bridgehead atoms. The number of aryl methyl sites for hydroxylation is 2.